The summed E-state index contributed by atoms with van der Waals surface area (Å²) in [6.45, 7) is 5.70. The van der Waals surface area contributed by atoms with Gasteiger partial charge in [-0.1, -0.05) is 6.92 Å². The van der Waals surface area contributed by atoms with Crippen LogP contribution in [0.5, 0.6) is 0 Å². The highest BCUT2D eigenvalue weighted by Gasteiger charge is 2.36. The molecule has 20 heavy (non-hydrogen) atoms. The number of hydrogen-bond donors (Lipinski definition) is 1. The van der Waals surface area contributed by atoms with E-state index >= 15 is 0 Å². The van der Waals surface area contributed by atoms with E-state index in [0.29, 0.717) is 31.5 Å². The second-order valence-electron chi connectivity index (χ2n) is 6.23. The van der Waals surface area contributed by atoms with E-state index < -0.39 is 10.2 Å². The van der Waals surface area contributed by atoms with Gasteiger partial charge < -0.3 is 5.32 Å². The van der Waals surface area contributed by atoms with Crippen LogP contribution in [0.3, 0.4) is 0 Å². The van der Waals surface area contributed by atoms with Gasteiger partial charge in [0.15, 0.2) is 0 Å². The van der Waals surface area contributed by atoms with Gasteiger partial charge in [0.05, 0.1) is 0 Å². The van der Waals surface area contributed by atoms with E-state index in [1.54, 1.807) is 8.61 Å². The molecule has 1 unspecified atom stereocenters. The maximum absolute atomic E-state index is 12.8. The summed E-state index contributed by atoms with van der Waals surface area (Å²) in [5, 5.41) is 3.17. The van der Waals surface area contributed by atoms with E-state index in [1.165, 1.54) is 12.8 Å². The molecule has 0 bridgehead atoms. The Bertz CT molecular complexity index is 393. The molecule has 1 saturated carbocycles. The topological polar surface area (TPSA) is 52.7 Å². The molecular formula is C14H29N3O2S. The predicted molar refractivity (Wildman–Crippen MR) is 81.7 cm³/mol. The molecule has 1 saturated heterocycles. The van der Waals surface area contributed by atoms with Gasteiger partial charge in [-0.2, -0.15) is 17.0 Å². The largest absolute Gasteiger partial charge is 0.319 e. The molecule has 0 aromatic heterocycles. The average molecular weight is 303 g/mol. The van der Waals surface area contributed by atoms with Crippen molar-refractivity contribution < 1.29 is 8.42 Å². The SMILES string of the molecule is CCCN(CC1CC1)S(=O)(=O)N1CCCC(CNC)C1. The summed E-state index contributed by atoms with van der Waals surface area (Å²) < 4.78 is 29.1. The number of nitrogens with zero attached hydrogens (tertiary/aromatic N) is 2. The molecule has 0 amide bonds. The zero-order chi connectivity index (χ0) is 14.6. The standard InChI is InChI=1S/C14H29N3O2S/c1-3-8-16(11-13-6-7-13)20(18,19)17-9-4-5-14(12-17)10-15-2/h13-15H,3-12H2,1-2H3. The molecule has 1 atom stereocenters. The second kappa shape index (κ2) is 7.20. The van der Waals surface area contributed by atoms with Crippen molar-refractivity contribution in [3.8, 4) is 0 Å². The third kappa shape index (κ3) is 4.16. The summed E-state index contributed by atoms with van der Waals surface area (Å²) in [5.41, 5.74) is 0. The lowest BCUT2D eigenvalue weighted by atomic mass is 10.00. The first-order valence-electron chi connectivity index (χ1n) is 7.97. The molecule has 0 radical (unpaired) electrons. The van der Waals surface area contributed by atoms with Gasteiger partial charge in [0, 0.05) is 26.2 Å². The molecule has 118 valence electrons. The molecule has 1 N–H and O–H groups in total. The molecule has 5 nitrogen and oxygen atoms in total. The minimum absolute atomic E-state index is 0.452. The van der Waals surface area contributed by atoms with Gasteiger partial charge in [0.2, 0.25) is 0 Å². The average Bonchev–Trinajstić information content (AvgIpc) is 3.23. The van der Waals surface area contributed by atoms with Crippen molar-refractivity contribution in [2.75, 3.05) is 39.8 Å². The summed E-state index contributed by atoms with van der Waals surface area (Å²) >= 11 is 0. The fraction of sp³-hybridized carbons (Fsp3) is 1.00. The highest BCUT2D eigenvalue weighted by atomic mass is 32.2. The molecule has 2 aliphatic rings. The van der Waals surface area contributed by atoms with Crippen molar-refractivity contribution in [2.45, 2.75) is 39.0 Å². The first kappa shape index (κ1) is 16.2. The van der Waals surface area contributed by atoms with Crippen molar-refractivity contribution in [3.05, 3.63) is 0 Å². The van der Waals surface area contributed by atoms with E-state index in [9.17, 15) is 8.42 Å². The predicted octanol–water partition coefficient (Wildman–Crippen LogP) is 1.28. The van der Waals surface area contributed by atoms with Crippen LogP contribution < -0.4 is 5.32 Å². The molecule has 6 heteroatoms. The van der Waals surface area contributed by atoms with E-state index in [2.05, 4.69) is 12.2 Å². The van der Waals surface area contributed by atoms with Crippen LogP contribution in [-0.2, 0) is 10.2 Å². The van der Waals surface area contributed by atoms with Crippen LogP contribution >= 0.6 is 0 Å². The summed E-state index contributed by atoms with van der Waals surface area (Å²) in [5.74, 6) is 1.06. The van der Waals surface area contributed by atoms with Crippen LogP contribution in [0.4, 0.5) is 0 Å². The van der Waals surface area contributed by atoms with Crippen LogP contribution in [0.15, 0.2) is 0 Å². The number of hydrogen-bond acceptors (Lipinski definition) is 3. The van der Waals surface area contributed by atoms with Crippen LogP contribution in [0.1, 0.15) is 39.0 Å². The van der Waals surface area contributed by atoms with Crippen LogP contribution in [-0.4, -0.2) is 56.8 Å². The maximum atomic E-state index is 12.8. The number of nitrogens with one attached hydrogen (secondary N) is 1. The summed E-state index contributed by atoms with van der Waals surface area (Å²) in [6, 6.07) is 0. The zero-order valence-corrected chi connectivity index (χ0v) is 13.7. The quantitative estimate of drug-likeness (QED) is 0.735. The Balaban J connectivity index is 2.01. The Morgan fingerprint density at radius 2 is 2.00 bits per heavy atom. The summed E-state index contributed by atoms with van der Waals surface area (Å²) in [6.07, 6.45) is 5.38. The van der Waals surface area contributed by atoms with Gasteiger partial charge >= 0.3 is 0 Å². The third-order valence-electron chi connectivity index (χ3n) is 4.26. The van der Waals surface area contributed by atoms with Crippen molar-refractivity contribution in [2.24, 2.45) is 11.8 Å². The molecule has 0 aromatic carbocycles. The highest BCUT2D eigenvalue weighted by molar-refractivity contribution is 7.86. The molecule has 0 aromatic rings. The van der Waals surface area contributed by atoms with E-state index in [0.717, 1.165) is 32.4 Å². The zero-order valence-electron chi connectivity index (χ0n) is 12.8. The normalized spacial score (nSPS) is 25.2. The fourth-order valence-corrected chi connectivity index (χ4v) is 4.89. The molecule has 2 fully saturated rings. The lowest BCUT2D eigenvalue weighted by Gasteiger charge is -2.35. The number of piperidine rings is 1. The van der Waals surface area contributed by atoms with Crippen LogP contribution in [0.25, 0.3) is 0 Å². The second-order valence-corrected chi connectivity index (χ2v) is 8.16. The third-order valence-corrected chi connectivity index (χ3v) is 6.23. The van der Waals surface area contributed by atoms with Gasteiger partial charge in [-0.15, -0.1) is 0 Å². The minimum atomic E-state index is -3.25. The van der Waals surface area contributed by atoms with Crippen LogP contribution in [0.2, 0.25) is 0 Å². The number of rotatable bonds is 8. The van der Waals surface area contributed by atoms with Gasteiger partial charge in [0.1, 0.15) is 0 Å². The Morgan fingerprint density at radius 1 is 1.25 bits per heavy atom. The van der Waals surface area contributed by atoms with Gasteiger partial charge in [0.25, 0.3) is 10.2 Å². The molecular weight excluding hydrogens is 274 g/mol. The molecule has 2 rings (SSSR count). The van der Waals surface area contributed by atoms with E-state index in [1.807, 2.05) is 7.05 Å². The van der Waals surface area contributed by atoms with Gasteiger partial charge in [-0.3, -0.25) is 0 Å². The summed E-state index contributed by atoms with van der Waals surface area (Å²) in [7, 11) is -1.32. The van der Waals surface area contributed by atoms with Crippen LogP contribution in [0, 0.1) is 11.8 Å². The first-order chi connectivity index (χ1) is 9.57. The van der Waals surface area contributed by atoms with Crippen molar-refractivity contribution >= 4 is 10.2 Å². The molecule has 1 aliphatic carbocycles. The van der Waals surface area contributed by atoms with Crippen molar-refractivity contribution in [1.29, 1.82) is 0 Å². The molecule has 0 spiro atoms. The Kier molecular flexibility index (Phi) is 5.84. The Morgan fingerprint density at radius 3 is 2.60 bits per heavy atom. The van der Waals surface area contributed by atoms with Crippen molar-refractivity contribution in [1.82, 2.24) is 13.9 Å². The van der Waals surface area contributed by atoms with Gasteiger partial charge in [-0.25, -0.2) is 0 Å². The first-order valence-corrected chi connectivity index (χ1v) is 9.37. The maximum Gasteiger partial charge on any atom is 0.281 e. The van der Waals surface area contributed by atoms with E-state index in [4.69, 9.17) is 0 Å². The van der Waals surface area contributed by atoms with Crippen molar-refractivity contribution in [3.63, 3.8) is 0 Å². The minimum Gasteiger partial charge on any atom is -0.319 e. The molecule has 1 aliphatic heterocycles. The Hall–Kier alpha value is -0.170. The van der Waals surface area contributed by atoms with E-state index in [-0.39, 0.29) is 0 Å². The lowest BCUT2D eigenvalue weighted by molar-refractivity contribution is 0.242. The monoisotopic (exact) mass is 303 g/mol. The fourth-order valence-electron chi connectivity index (χ4n) is 2.99. The van der Waals surface area contributed by atoms with Gasteiger partial charge in [-0.05, 0) is 57.5 Å². The highest BCUT2D eigenvalue weighted by Crippen LogP contribution is 2.31. The molecule has 1 heterocycles. The lowest BCUT2D eigenvalue weighted by Crippen LogP contribution is -2.49. The smallest absolute Gasteiger partial charge is 0.281 e. The Labute approximate surface area is 123 Å². The summed E-state index contributed by atoms with van der Waals surface area (Å²) in [4.78, 5) is 0.